The molecule has 2 rings (SSSR count). The van der Waals surface area contributed by atoms with E-state index in [9.17, 15) is 19.7 Å². The van der Waals surface area contributed by atoms with Gasteiger partial charge < -0.3 is 0 Å². The highest BCUT2D eigenvalue weighted by Gasteiger charge is 2.30. The van der Waals surface area contributed by atoms with Gasteiger partial charge in [-0.1, -0.05) is 0 Å². The molecular weight excluding hydrogens is 266 g/mol. The third-order valence-electron chi connectivity index (χ3n) is 2.80. The molecule has 1 heterocycles. The minimum Gasteiger partial charge on any atom is -0.272 e. The number of imide groups is 1. The molecule has 8 nitrogen and oxygen atoms in total. The van der Waals surface area contributed by atoms with Crippen molar-refractivity contribution in [3.8, 4) is 0 Å². The summed E-state index contributed by atoms with van der Waals surface area (Å²) < 4.78 is 0. The second-order valence-corrected chi connectivity index (χ2v) is 4.08. The smallest absolute Gasteiger partial charge is 0.272 e. The van der Waals surface area contributed by atoms with Gasteiger partial charge >= 0.3 is 0 Å². The number of hydrogen-bond donors (Lipinski definition) is 0. The molecule has 104 valence electrons. The first-order valence-electron chi connectivity index (χ1n) is 5.75. The molecule has 0 unspecified atom stereocenters. The first-order chi connectivity index (χ1) is 9.52. The van der Waals surface area contributed by atoms with Crippen LogP contribution in [0.25, 0.3) is 0 Å². The predicted octanol–water partition coefficient (Wildman–Crippen LogP) is 1.51. The highest BCUT2D eigenvalue weighted by Crippen LogP contribution is 2.25. The van der Waals surface area contributed by atoms with Crippen LogP contribution in [-0.2, 0) is 21.0 Å². The first-order valence-corrected chi connectivity index (χ1v) is 5.75. The molecule has 8 heteroatoms. The Labute approximate surface area is 113 Å². The van der Waals surface area contributed by atoms with Crippen LogP contribution in [0.15, 0.2) is 23.2 Å². The van der Waals surface area contributed by atoms with Gasteiger partial charge in [0.1, 0.15) is 6.61 Å². The number of nitro benzene ring substituents is 1. The van der Waals surface area contributed by atoms with E-state index in [2.05, 4.69) is 11.7 Å². The SMILES string of the molecule is C=Nc1ccc([N+](=O)[O-])c(CON2C(=O)CCC2=O)c1. The first kappa shape index (κ1) is 13.8. The van der Waals surface area contributed by atoms with Crippen molar-refractivity contribution < 1.29 is 19.3 Å². The molecule has 0 aromatic heterocycles. The minimum atomic E-state index is -0.570. The number of nitro groups is 1. The predicted molar refractivity (Wildman–Crippen MR) is 68.2 cm³/mol. The molecular formula is C12H11N3O5. The summed E-state index contributed by atoms with van der Waals surface area (Å²) in [5.74, 6) is -0.897. The normalized spacial score (nSPS) is 14.7. The maximum atomic E-state index is 11.4. The van der Waals surface area contributed by atoms with Crippen LogP contribution in [0.3, 0.4) is 0 Å². The van der Waals surface area contributed by atoms with Crippen molar-refractivity contribution in [1.82, 2.24) is 5.06 Å². The van der Waals surface area contributed by atoms with Gasteiger partial charge in [-0.15, -0.1) is 0 Å². The number of rotatable bonds is 5. The Hall–Kier alpha value is -2.61. The van der Waals surface area contributed by atoms with E-state index in [1.54, 1.807) is 0 Å². The van der Waals surface area contributed by atoms with E-state index >= 15 is 0 Å². The fourth-order valence-electron chi connectivity index (χ4n) is 1.80. The summed E-state index contributed by atoms with van der Waals surface area (Å²) in [6, 6.07) is 4.15. The highest BCUT2D eigenvalue weighted by molar-refractivity contribution is 6.00. The summed E-state index contributed by atoms with van der Waals surface area (Å²) in [4.78, 5) is 41.8. The molecule has 1 aromatic rings. The molecule has 0 spiro atoms. The zero-order chi connectivity index (χ0) is 14.7. The van der Waals surface area contributed by atoms with Crippen molar-refractivity contribution in [2.45, 2.75) is 19.4 Å². The fraction of sp³-hybridized carbons (Fsp3) is 0.250. The Morgan fingerprint density at radius 3 is 2.55 bits per heavy atom. The number of carbonyl (C=O) groups is 2. The average molecular weight is 277 g/mol. The van der Waals surface area contributed by atoms with Crippen molar-refractivity contribution in [3.05, 3.63) is 33.9 Å². The van der Waals surface area contributed by atoms with Gasteiger partial charge in [-0.25, -0.2) is 0 Å². The minimum absolute atomic E-state index is 0.0924. The summed E-state index contributed by atoms with van der Waals surface area (Å²) in [7, 11) is 0. The molecule has 1 aliphatic heterocycles. The molecule has 0 saturated carbocycles. The topological polar surface area (TPSA) is 102 Å². The standard InChI is InChI=1S/C12H11N3O5/c1-13-9-2-3-10(15(18)19)8(6-9)7-20-14-11(16)4-5-12(14)17/h2-3,6H,1,4-5,7H2. The Kier molecular flexibility index (Phi) is 3.85. The van der Waals surface area contributed by atoms with Crippen LogP contribution in [0.1, 0.15) is 18.4 Å². The lowest BCUT2D eigenvalue weighted by molar-refractivity contribution is -0.386. The van der Waals surface area contributed by atoms with Gasteiger partial charge in [0.05, 0.1) is 16.2 Å². The molecule has 2 amide bonds. The second-order valence-electron chi connectivity index (χ2n) is 4.08. The summed E-state index contributed by atoms with van der Waals surface area (Å²) in [6.45, 7) is 3.06. The number of nitrogens with zero attached hydrogens (tertiary/aromatic N) is 3. The van der Waals surface area contributed by atoms with Gasteiger partial charge in [-0.2, -0.15) is 5.06 Å². The van der Waals surface area contributed by atoms with Gasteiger partial charge in [0.15, 0.2) is 0 Å². The summed E-state index contributed by atoms with van der Waals surface area (Å²) in [5, 5.41) is 11.6. The molecule has 0 radical (unpaired) electrons. The quantitative estimate of drug-likeness (QED) is 0.351. The number of benzene rings is 1. The van der Waals surface area contributed by atoms with Crippen LogP contribution in [0.4, 0.5) is 11.4 Å². The van der Waals surface area contributed by atoms with Gasteiger partial charge in [-0.05, 0) is 18.9 Å². The van der Waals surface area contributed by atoms with Gasteiger partial charge in [0.2, 0.25) is 0 Å². The average Bonchev–Trinajstić information content (AvgIpc) is 2.75. The van der Waals surface area contributed by atoms with Gasteiger partial charge in [0, 0.05) is 18.9 Å². The third kappa shape index (κ3) is 2.69. The number of amides is 2. The van der Waals surface area contributed by atoms with Crippen LogP contribution < -0.4 is 0 Å². The number of hydroxylamine groups is 2. The van der Waals surface area contributed by atoms with E-state index in [1.807, 2.05) is 0 Å². The van der Waals surface area contributed by atoms with Gasteiger partial charge in [-0.3, -0.25) is 29.5 Å². The van der Waals surface area contributed by atoms with Crippen LogP contribution in [0, 0.1) is 10.1 Å². The number of hydrogen-bond acceptors (Lipinski definition) is 6. The molecule has 0 N–H and O–H groups in total. The molecule has 1 aromatic carbocycles. The maximum absolute atomic E-state index is 11.4. The van der Waals surface area contributed by atoms with E-state index in [0.717, 1.165) is 0 Å². The molecule has 0 bridgehead atoms. The zero-order valence-electron chi connectivity index (χ0n) is 10.4. The van der Waals surface area contributed by atoms with Crippen LogP contribution in [0.2, 0.25) is 0 Å². The van der Waals surface area contributed by atoms with E-state index in [1.165, 1.54) is 18.2 Å². The van der Waals surface area contributed by atoms with Crippen LogP contribution in [0.5, 0.6) is 0 Å². The Balaban J connectivity index is 2.19. The van der Waals surface area contributed by atoms with E-state index in [4.69, 9.17) is 4.84 Å². The lowest BCUT2D eigenvalue weighted by Crippen LogP contribution is -2.29. The number of aliphatic imine (C=N–C) groups is 1. The maximum Gasteiger partial charge on any atom is 0.275 e. The van der Waals surface area contributed by atoms with Crippen molar-refractivity contribution in [2.75, 3.05) is 0 Å². The Morgan fingerprint density at radius 2 is 2.00 bits per heavy atom. The lowest BCUT2D eigenvalue weighted by Gasteiger charge is -2.13. The molecule has 1 aliphatic rings. The van der Waals surface area contributed by atoms with Crippen molar-refractivity contribution >= 4 is 29.9 Å². The van der Waals surface area contributed by atoms with E-state index in [0.29, 0.717) is 10.8 Å². The largest absolute Gasteiger partial charge is 0.275 e. The molecule has 0 aliphatic carbocycles. The highest BCUT2D eigenvalue weighted by atomic mass is 16.7. The zero-order valence-corrected chi connectivity index (χ0v) is 10.4. The third-order valence-corrected chi connectivity index (χ3v) is 2.80. The molecule has 20 heavy (non-hydrogen) atoms. The number of carbonyl (C=O) groups excluding carboxylic acids is 2. The second kappa shape index (κ2) is 5.57. The lowest BCUT2D eigenvalue weighted by atomic mass is 10.1. The van der Waals surface area contributed by atoms with Crippen molar-refractivity contribution in [2.24, 2.45) is 4.99 Å². The van der Waals surface area contributed by atoms with Crippen LogP contribution in [-0.4, -0.2) is 28.5 Å². The fourth-order valence-corrected chi connectivity index (χ4v) is 1.80. The molecule has 1 saturated heterocycles. The van der Waals surface area contributed by atoms with Crippen LogP contribution >= 0.6 is 0 Å². The Bertz CT molecular complexity index is 583. The Morgan fingerprint density at radius 1 is 1.35 bits per heavy atom. The van der Waals surface area contributed by atoms with Crippen molar-refractivity contribution in [1.29, 1.82) is 0 Å². The molecule has 0 atom stereocenters. The summed E-state index contributed by atoms with van der Waals surface area (Å²) in [5.41, 5.74) is 0.483. The summed E-state index contributed by atoms with van der Waals surface area (Å²) >= 11 is 0. The van der Waals surface area contributed by atoms with E-state index < -0.39 is 16.7 Å². The van der Waals surface area contributed by atoms with Gasteiger partial charge in [0.25, 0.3) is 17.5 Å². The monoisotopic (exact) mass is 277 g/mol. The summed E-state index contributed by atoms with van der Waals surface area (Å²) in [6.07, 6.45) is 0.185. The van der Waals surface area contributed by atoms with E-state index in [-0.39, 0.29) is 30.7 Å². The van der Waals surface area contributed by atoms with Crippen molar-refractivity contribution in [3.63, 3.8) is 0 Å². The molecule has 1 fully saturated rings.